The Balaban J connectivity index is 2.09. The van der Waals surface area contributed by atoms with Crippen molar-refractivity contribution in [1.29, 1.82) is 5.26 Å². The minimum atomic E-state index is -0.598. The van der Waals surface area contributed by atoms with E-state index in [0.29, 0.717) is 17.9 Å². The number of carbonyl (C=O) groups excluding carboxylic acids is 2. The van der Waals surface area contributed by atoms with Crippen LogP contribution in [0.2, 0.25) is 0 Å². The van der Waals surface area contributed by atoms with E-state index in [1.165, 1.54) is 31.0 Å². The maximum atomic E-state index is 12.7. The molecule has 2 N–H and O–H groups in total. The standard InChI is InChI=1S/C19H25N3O2S/c1-25-17-10-6-5-9-15(17)18(23)22-16(19(24)21-12-11-20)13-14-7-3-2-4-8-14/h5-6,9-10,14,16H,2-4,7-8,12-13H2,1H3,(H,21,24)(H,22,23)/t16-/m0/s1. The lowest BCUT2D eigenvalue weighted by Crippen LogP contribution is -2.48. The van der Waals surface area contributed by atoms with Crippen molar-refractivity contribution in [3.63, 3.8) is 0 Å². The lowest BCUT2D eigenvalue weighted by Gasteiger charge is -2.26. The molecule has 0 radical (unpaired) electrons. The highest BCUT2D eigenvalue weighted by Gasteiger charge is 2.26. The predicted molar refractivity (Wildman–Crippen MR) is 99.3 cm³/mol. The van der Waals surface area contributed by atoms with Crippen molar-refractivity contribution in [2.75, 3.05) is 12.8 Å². The van der Waals surface area contributed by atoms with Gasteiger partial charge in [-0.3, -0.25) is 9.59 Å². The van der Waals surface area contributed by atoms with E-state index in [2.05, 4.69) is 10.6 Å². The van der Waals surface area contributed by atoms with Gasteiger partial charge in [0.15, 0.2) is 0 Å². The van der Waals surface area contributed by atoms with E-state index in [-0.39, 0.29) is 18.4 Å². The highest BCUT2D eigenvalue weighted by Crippen LogP contribution is 2.27. The van der Waals surface area contributed by atoms with Crippen LogP contribution in [0.3, 0.4) is 0 Å². The van der Waals surface area contributed by atoms with Gasteiger partial charge in [0.1, 0.15) is 12.6 Å². The molecule has 0 heterocycles. The molecule has 2 rings (SSSR count). The summed E-state index contributed by atoms with van der Waals surface area (Å²) in [4.78, 5) is 26.0. The fourth-order valence-corrected chi connectivity index (χ4v) is 3.90. The van der Waals surface area contributed by atoms with Crippen molar-refractivity contribution in [2.24, 2.45) is 5.92 Å². The molecule has 1 atom stereocenters. The third-order valence-electron chi connectivity index (χ3n) is 4.61. The van der Waals surface area contributed by atoms with Crippen molar-refractivity contribution in [3.8, 4) is 6.07 Å². The molecule has 6 heteroatoms. The molecule has 0 saturated heterocycles. The zero-order chi connectivity index (χ0) is 18.1. The molecule has 0 spiro atoms. The molecule has 1 aliphatic rings. The van der Waals surface area contributed by atoms with Gasteiger partial charge in [0, 0.05) is 4.90 Å². The molecule has 5 nitrogen and oxygen atoms in total. The van der Waals surface area contributed by atoms with Crippen molar-refractivity contribution in [3.05, 3.63) is 29.8 Å². The molecule has 1 saturated carbocycles. The molecule has 1 fully saturated rings. The number of nitriles is 1. The average molecular weight is 359 g/mol. The van der Waals surface area contributed by atoms with E-state index in [9.17, 15) is 9.59 Å². The number of amides is 2. The number of nitrogens with zero attached hydrogens (tertiary/aromatic N) is 1. The van der Waals surface area contributed by atoms with Crippen LogP contribution in [0.25, 0.3) is 0 Å². The molecule has 0 aromatic heterocycles. The summed E-state index contributed by atoms with van der Waals surface area (Å²) in [7, 11) is 0. The van der Waals surface area contributed by atoms with Crippen LogP contribution in [-0.4, -0.2) is 30.7 Å². The summed E-state index contributed by atoms with van der Waals surface area (Å²) in [6.45, 7) is -0.0444. The van der Waals surface area contributed by atoms with Crippen LogP contribution in [0.1, 0.15) is 48.9 Å². The lowest BCUT2D eigenvalue weighted by molar-refractivity contribution is -0.123. The molecular formula is C19H25N3O2S. The zero-order valence-corrected chi connectivity index (χ0v) is 15.4. The second-order valence-electron chi connectivity index (χ2n) is 6.34. The van der Waals surface area contributed by atoms with E-state index in [1.54, 1.807) is 6.07 Å². The molecule has 0 unspecified atom stereocenters. The highest BCUT2D eigenvalue weighted by molar-refractivity contribution is 7.98. The van der Waals surface area contributed by atoms with Gasteiger partial charge < -0.3 is 10.6 Å². The molecule has 1 aliphatic carbocycles. The minimum absolute atomic E-state index is 0.0444. The largest absolute Gasteiger partial charge is 0.341 e. The quantitative estimate of drug-likeness (QED) is 0.579. The average Bonchev–Trinajstić information content (AvgIpc) is 2.66. The first-order chi connectivity index (χ1) is 12.2. The van der Waals surface area contributed by atoms with E-state index in [1.807, 2.05) is 30.5 Å². The SMILES string of the molecule is CSc1ccccc1C(=O)N[C@@H](CC1CCCCC1)C(=O)NCC#N. The summed E-state index contributed by atoms with van der Waals surface area (Å²) in [6.07, 6.45) is 8.35. The fourth-order valence-electron chi connectivity index (χ4n) is 3.31. The monoisotopic (exact) mass is 359 g/mol. The van der Waals surface area contributed by atoms with Gasteiger partial charge in [0.05, 0.1) is 11.6 Å². The maximum absolute atomic E-state index is 12.7. The Hall–Kier alpha value is -2.00. The second kappa shape index (κ2) is 10.1. The number of hydrogen-bond acceptors (Lipinski definition) is 4. The number of rotatable bonds is 7. The summed E-state index contributed by atoms with van der Waals surface area (Å²) in [5, 5.41) is 14.2. The number of carbonyl (C=O) groups is 2. The number of benzene rings is 1. The topological polar surface area (TPSA) is 82.0 Å². The Morgan fingerprint density at radius 2 is 2.00 bits per heavy atom. The summed E-state index contributed by atoms with van der Waals surface area (Å²) >= 11 is 1.50. The highest BCUT2D eigenvalue weighted by atomic mass is 32.2. The van der Waals surface area contributed by atoms with Crippen LogP contribution in [0.4, 0.5) is 0 Å². The van der Waals surface area contributed by atoms with Gasteiger partial charge in [0.25, 0.3) is 5.91 Å². The lowest BCUT2D eigenvalue weighted by atomic mass is 9.84. The van der Waals surface area contributed by atoms with Gasteiger partial charge in [0.2, 0.25) is 5.91 Å². The molecule has 25 heavy (non-hydrogen) atoms. The summed E-state index contributed by atoms with van der Waals surface area (Å²) < 4.78 is 0. The van der Waals surface area contributed by atoms with Crippen LogP contribution in [0.15, 0.2) is 29.2 Å². The van der Waals surface area contributed by atoms with Crippen LogP contribution in [-0.2, 0) is 4.79 Å². The third-order valence-corrected chi connectivity index (χ3v) is 5.40. The van der Waals surface area contributed by atoms with Gasteiger partial charge in [-0.05, 0) is 30.7 Å². The normalized spacial score (nSPS) is 15.8. The summed E-state index contributed by atoms with van der Waals surface area (Å²) in [5.41, 5.74) is 0.580. The van der Waals surface area contributed by atoms with Gasteiger partial charge in [-0.1, -0.05) is 44.2 Å². The minimum Gasteiger partial charge on any atom is -0.341 e. The van der Waals surface area contributed by atoms with Gasteiger partial charge in [-0.25, -0.2) is 0 Å². The fraction of sp³-hybridized carbons (Fsp3) is 0.526. The predicted octanol–water partition coefficient (Wildman–Crippen LogP) is 3.12. The third kappa shape index (κ3) is 5.79. The Kier molecular flexibility index (Phi) is 7.80. The Labute approximate surface area is 153 Å². The van der Waals surface area contributed by atoms with Crippen molar-refractivity contribution < 1.29 is 9.59 Å². The second-order valence-corrected chi connectivity index (χ2v) is 7.19. The van der Waals surface area contributed by atoms with Crippen LogP contribution in [0.5, 0.6) is 0 Å². The first kappa shape index (κ1) is 19.3. The smallest absolute Gasteiger partial charge is 0.253 e. The van der Waals surface area contributed by atoms with Crippen molar-refractivity contribution in [1.82, 2.24) is 10.6 Å². The van der Waals surface area contributed by atoms with Crippen LogP contribution < -0.4 is 10.6 Å². The Morgan fingerprint density at radius 1 is 1.28 bits per heavy atom. The Morgan fingerprint density at radius 3 is 2.68 bits per heavy atom. The van der Waals surface area contributed by atoms with Gasteiger partial charge in [-0.2, -0.15) is 5.26 Å². The molecular weight excluding hydrogens is 334 g/mol. The summed E-state index contributed by atoms with van der Waals surface area (Å²) in [6, 6.07) is 8.69. The van der Waals surface area contributed by atoms with Gasteiger partial charge >= 0.3 is 0 Å². The van der Waals surface area contributed by atoms with E-state index >= 15 is 0 Å². The molecule has 1 aromatic carbocycles. The Bertz CT molecular complexity index is 636. The van der Waals surface area contributed by atoms with Crippen LogP contribution in [0, 0.1) is 17.2 Å². The number of hydrogen-bond donors (Lipinski definition) is 2. The molecule has 134 valence electrons. The van der Waals surface area contributed by atoms with E-state index in [4.69, 9.17) is 5.26 Å². The molecule has 2 amide bonds. The van der Waals surface area contributed by atoms with E-state index in [0.717, 1.165) is 17.7 Å². The molecule has 1 aromatic rings. The first-order valence-corrected chi connectivity index (χ1v) is 9.96. The molecule has 0 bridgehead atoms. The number of nitrogens with one attached hydrogen (secondary N) is 2. The van der Waals surface area contributed by atoms with Crippen molar-refractivity contribution >= 4 is 23.6 Å². The zero-order valence-electron chi connectivity index (χ0n) is 14.6. The van der Waals surface area contributed by atoms with Crippen LogP contribution >= 0.6 is 11.8 Å². The van der Waals surface area contributed by atoms with E-state index < -0.39 is 6.04 Å². The number of thioether (sulfide) groups is 1. The maximum Gasteiger partial charge on any atom is 0.253 e. The summed E-state index contributed by atoms with van der Waals surface area (Å²) in [5.74, 6) is -0.0670. The van der Waals surface area contributed by atoms with Gasteiger partial charge in [-0.15, -0.1) is 11.8 Å². The molecule has 0 aliphatic heterocycles. The van der Waals surface area contributed by atoms with Crippen molar-refractivity contribution in [2.45, 2.75) is 49.5 Å². The first-order valence-electron chi connectivity index (χ1n) is 8.74.